The lowest BCUT2D eigenvalue weighted by Crippen LogP contribution is -2.32. The fraction of sp³-hybridized carbons (Fsp3) is 0.294. The van der Waals surface area contributed by atoms with Crippen molar-refractivity contribution in [3.8, 4) is 0 Å². The quantitative estimate of drug-likeness (QED) is 0.773. The zero-order valence-corrected chi connectivity index (χ0v) is 15.7. The summed E-state index contributed by atoms with van der Waals surface area (Å²) in [5.41, 5.74) is 0.835. The van der Waals surface area contributed by atoms with Crippen molar-refractivity contribution in [1.82, 2.24) is 20.0 Å². The number of carbonyl (C=O) groups is 1. The fourth-order valence-corrected chi connectivity index (χ4v) is 2.32. The van der Waals surface area contributed by atoms with E-state index in [0.717, 1.165) is 10.6 Å². The van der Waals surface area contributed by atoms with Crippen molar-refractivity contribution >= 4 is 35.9 Å². The third kappa shape index (κ3) is 3.84. The van der Waals surface area contributed by atoms with Gasteiger partial charge in [0, 0.05) is 28.2 Å². The first kappa shape index (κ1) is 18.2. The van der Waals surface area contributed by atoms with Gasteiger partial charge in [-0.3, -0.25) is 15.1 Å². The molecule has 0 spiro atoms. The third-order valence-corrected chi connectivity index (χ3v) is 3.75. The smallest absolute Gasteiger partial charge is 0.270 e. The van der Waals surface area contributed by atoms with Gasteiger partial charge in [0.15, 0.2) is 0 Å². The number of aromatic nitrogens is 3. The molecule has 1 amide bonds. The molecule has 1 aliphatic rings. The number of hydrazone groups is 1. The van der Waals surface area contributed by atoms with Crippen molar-refractivity contribution < 1.29 is 4.79 Å². The fourth-order valence-electron chi connectivity index (χ4n) is 2.32. The molecule has 1 N–H and O–H groups in total. The molecule has 3 rings (SSSR count). The zero-order valence-electron chi connectivity index (χ0n) is 15.7. The van der Waals surface area contributed by atoms with Crippen molar-refractivity contribution in [1.29, 1.82) is 5.41 Å². The molecule has 140 valence electrons. The molecule has 1 aromatic heterocycles. The minimum atomic E-state index is -0.328. The molecule has 1 aromatic carbocycles. The highest BCUT2D eigenvalue weighted by atomic mass is 16.2. The third-order valence-electron chi connectivity index (χ3n) is 3.75. The van der Waals surface area contributed by atoms with E-state index in [0.29, 0.717) is 11.9 Å². The number of amides is 1. The molecule has 0 atom stereocenters. The molecule has 27 heavy (non-hydrogen) atoms. The van der Waals surface area contributed by atoms with E-state index in [4.69, 9.17) is 5.41 Å². The summed E-state index contributed by atoms with van der Waals surface area (Å²) in [5.74, 6) is 0.678. The molecule has 1 saturated heterocycles. The maximum Gasteiger partial charge on any atom is 0.270 e. The van der Waals surface area contributed by atoms with Crippen molar-refractivity contribution in [2.45, 2.75) is 0 Å². The Morgan fingerprint density at radius 3 is 2.19 bits per heavy atom. The average molecular weight is 367 g/mol. The van der Waals surface area contributed by atoms with Crippen molar-refractivity contribution in [2.24, 2.45) is 5.10 Å². The minimum Gasteiger partial charge on any atom is -0.347 e. The summed E-state index contributed by atoms with van der Waals surface area (Å²) in [6.07, 6.45) is 1.54. The first-order valence-corrected chi connectivity index (χ1v) is 8.25. The highest BCUT2D eigenvalue weighted by Crippen LogP contribution is 2.21. The van der Waals surface area contributed by atoms with E-state index in [2.05, 4.69) is 20.1 Å². The summed E-state index contributed by atoms with van der Waals surface area (Å²) >= 11 is 0. The van der Waals surface area contributed by atoms with Gasteiger partial charge in [-0.25, -0.2) is 0 Å². The number of rotatable bonds is 5. The van der Waals surface area contributed by atoms with Crippen LogP contribution in [-0.4, -0.2) is 72.8 Å². The van der Waals surface area contributed by atoms with Crippen LogP contribution in [0.25, 0.3) is 0 Å². The van der Waals surface area contributed by atoms with E-state index in [9.17, 15) is 4.79 Å². The molecule has 0 radical (unpaired) electrons. The van der Waals surface area contributed by atoms with Crippen LogP contribution in [0.15, 0.2) is 35.4 Å². The number of guanidine groups is 1. The van der Waals surface area contributed by atoms with E-state index in [1.54, 1.807) is 16.0 Å². The topological polar surface area (TPSA) is 105 Å². The molecule has 0 saturated carbocycles. The van der Waals surface area contributed by atoms with Crippen molar-refractivity contribution in [2.75, 3.05) is 49.4 Å². The summed E-state index contributed by atoms with van der Waals surface area (Å²) < 4.78 is 0. The molecule has 0 unspecified atom stereocenters. The van der Waals surface area contributed by atoms with Gasteiger partial charge in [0.2, 0.25) is 23.8 Å². The second kappa shape index (κ2) is 7.36. The van der Waals surface area contributed by atoms with Crippen LogP contribution in [-0.2, 0) is 4.79 Å². The van der Waals surface area contributed by atoms with Gasteiger partial charge in [-0.15, -0.1) is 0 Å². The van der Waals surface area contributed by atoms with Crippen LogP contribution < -0.4 is 14.7 Å². The van der Waals surface area contributed by atoms with Crippen LogP contribution >= 0.6 is 0 Å². The predicted octanol–water partition coefficient (Wildman–Crippen LogP) is 0.621. The summed E-state index contributed by atoms with van der Waals surface area (Å²) in [6, 6.07) is 9.38. The van der Waals surface area contributed by atoms with Crippen molar-refractivity contribution in [3.63, 3.8) is 0 Å². The predicted molar refractivity (Wildman–Crippen MR) is 104 cm³/mol. The zero-order chi connectivity index (χ0) is 19.6. The van der Waals surface area contributed by atoms with E-state index < -0.39 is 0 Å². The largest absolute Gasteiger partial charge is 0.347 e. The lowest BCUT2D eigenvalue weighted by atomic mass is 10.2. The Labute approximate surface area is 157 Å². The maximum absolute atomic E-state index is 12.4. The van der Waals surface area contributed by atoms with Gasteiger partial charge in [0.1, 0.15) is 6.54 Å². The molecular weight excluding hydrogens is 346 g/mol. The standard InChI is InChI=1S/C17H21N9O/c1-23(2)15-20-16(24(3)4)22-17(21-15)25-11-13(27)26(14(25)18)19-10-12-8-6-5-7-9-12/h5-10,18H,11H2,1-4H3/b18-14?,19-10+. The van der Waals surface area contributed by atoms with Crippen LogP contribution in [0.3, 0.4) is 0 Å². The number of hydrogen-bond acceptors (Lipinski definition) is 8. The number of nitrogens with one attached hydrogen (secondary N) is 1. The highest BCUT2D eigenvalue weighted by Gasteiger charge is 2.36. The molecule has 1 aliphatic heterocycles. The van der Waals surface area contributed by atoms with Gasteiger partial charge in [0.05, 0.1) is 6.21 Å². The summed E-state index contributed by atoms with van der Waals surface area (Å²) in [6.45, 7) is -0.0608. The second-order valence-electron chi connectivity index (χ2n) is 6.29. The Hall–Kier alpha value is -3.56. The van der Waals surface area contributed by atoms with Gasteiger partial charge in [-0.2, -0.15) is 25.1 Å². The van der Waals surface area contributed by atoms with Gasteiger partial charge in [0.25, 0.3) is 5.91 Å². The minimum absolute atomic E-state index is 0.0608. The van der Waals surface area contributed by atoms with Gasteiger partial charge >= 0.3 is 0 Å². The van der Waals surface area contributed by atoms with Crippen LogP contribution in [0.2, 0.25) is 0 Å². The Balaban J connectivity index is 1.89. The van der Waals surface area contributed by atoms with Gasteiger partial charge in [-0.1, -0.05) is 30.3 Å². The molecule has 2 heterocycles. The van der Waals surface area contributed by atoms with Crippen molar-refractivity contribution in [3.05, 3.63) is 35.9 Å². The van der Waals surface area contributed by atoms with Crippen LogP contribution in [0, 0.1) is 5.41 Å². The van der Waals surface area contributed by atoms with Crippen LogP contribution in [0.4, 0.5) is 17.8 Å². The molecule has 10 nitrogen and oxygen atoms in total. The first-order chi connectivity index (χ1) is 12.9. The van der Waals surface area contributed by atoms with E-state index in [1.165, 1.54) is 4.90 Å². The number of nitrogens with zero attached hydrogens (tertiary/aromatic N) is 8. The molecule has 0 bridgehead atoms. The summed E-state index contributed by atoms with van der Waals surface area (Å²) in [4.78, 5) is 30.3. The highest BCUT2D eigenvalue weighted by molar-refractivity contribution is 6.12. The maximum atomic E-state index is 12.4. The van der Waals surface area contributed by atoms with Crippen LogP contribution in [0.5, 0.6) is 0 Å². The lowest BCUT2D eigenvalue weighted by Gasteiger charge is -2.20. The Morgan fingerprint density at radius 2 is 1.63 bits per heavy atom. The van der Waals surface area contributed by atoms with E-state index >= 15 is 0 Å². The number of benzene rings is 1. The van der Waals surface area contributed by atoms with Gasteiger partial charge < -0.3 is 9.80 Å². The number of hydrogen-bond donors (Lipinski definition) is 1. The first-order valence-electron chi connectivity index (χ1n) is 8.25. The Kier molecular flexibility index (Phi) is 4.97. The Bertz CT molecular complexity index is 853. The SMILES string of the molecule is CN(C)c1nc(N(C)C)nc(N2CC(=O)N(/N=C/c3ccccc3)C2=N)n1. The second-order valence-corrected chi connectivity index (χ2v) is 6.29. The monoisotopic (exact) mass is 367 g/mol. The van der Waals surface area contributed by atoms with E-state index in [-0.39, 0.29) is 24.4 Å². The molecule has 0 aliphatic carbocycles. The molecule has 1 fully saturated rings. The van der Waals surface area contributed by atoms with Crippen LogP contribution in [0.1, 0.15) is 5.56 Å². The summed E-state index contributed by atoms with van der Waals surface area (Å²) in [7, 11) is 7.26. The number of carbonyl (C=O) groups excluding carboxylic acids is 1. The molecule has 10 heteroatoms. The molecular formula is C17H21N9O. The van der Waals surface area contributed by atoms with Gasteiger partial charge in [-0.05, 0) is 5.56 Å². The number of anilines is 3. The van der Waals surface area contributed by atoms with E-state index in [1.807, 2.05) is 58.5 Å². The summed E-state index contributed by atoms with van der Waals surface area (Å²) in [5, 5.41) is 13.5. The Morgan fingerprint density at radius 1 is 1.04 bits per heavy atom. The molecule has 2 aromatic rings. The average Bonchev–Trinajstić information content (AvgIpc) is 2.94. The normalized spacial score (nSPS) is 14.4. The lowest BCUT2D eigenvalue weighted by molar-refractivity contribution is -0.124.